The second-order valence-corrected chi connectivity index (χ2v) is 2.66. The smallest absolute Gasteiger partial charge is 0.296 e. The monoisotopic (exact) mass is 180 g/mol. The van der Waals surface area contributed by atoms with Crippen molar-refractivity contribution in [2.24, 2.45) is 0 Å². The largest absolute Gasteiger partial charge is 0.379 e. The van der Waals surface area contributed by atoms with Crippen LogP contribution in [0.4, 0.5) is 0 Å². The number of morpholine rings is 1. The molecular formula is C9H12N2O2. The highest BCUT2D eigenvalue weighted by Crippen LogP contribution is 1.94. The summed E-state index contributed by atoms with van der Waals surface area (Å²) in [5.74, 6) is 4.66. The van der Waals surface area contributed by atoms with Crippen molar-refractivity contribution in [3.05, 3.63) is 7.05 Å². The number of rotatable bonds is 1. The molecule has 0 unspecified atom stereocenters. The summed E-state index contributed by atoms with van der Waals surface area (Å²) in [6, 6.07) is 0. The van der Waals surface area contributed by atoms with E-state index >= 15 is 0 Å². The van der Waals surface area contributed by atoms with Gasteiger partial charge in [0.05, 0.1) is 26.8 Å². The Morgan fingerprint density at radius 3 is 2.85 bits per heavy atom. The van der Waals surface area contributed by atoms with Gasteiger partial charge in [0.15, 0.2) is 0 Å². The van der Waals surface area contributed by atoms with E-state index in [0.717, 1.165) is 26.3 Å². The van der Waals surface area contributed by atoms with Crippen LogP contribution in [0.5, 0.6) is 0 Å². The summed E-state index contributed by atoms with van der Waals surface area (Å²) in [6.45, 7) is 3.82. The van der Waals surface area contributed by atoms with Gasteiger partial charge in [-0.15, -0.1) is 0 Å². The molecule has 1 aliphatic rings. The van der Waals surface area contributed by atoms with Crippen LogP contribution < -0.4 is 5.32 Å². The van der Waals surface area contributed by atoms with E-state index in [-0.39, 0.29) is 0 Å². The average Bonchev–Trinajstić information content (AvgIpc) is 2.19. The Bertz CT molecular complexity index is 224. The van der Waals surface area contributed by atoms with Crippen LogP contribution in [0, 0.1) is 18.9 Å². The summed E-state index contributed by atoms with van der Waals surface area (Å²) in [5.41, 5.74) is 0. The molecule has 1 rings (SSSR count). The van der Waals surface area contributed by atoms with E-state index in [4.69, 9.17) is 11.8 Å². The molecule has 1 fully saturated rings. The molecule has 4 nitrogen and oxygen atoms in total. The van der Waals surface area contributed by atoms with Gasteiger partial charge >= 0.3 is 0 Å². The Labute approximate surface area is 78.2 Å². The van der Waals surface area contributed by atoms with Gasteiger partial charge in [-0.2, -0.15) is 0 Å². The van der Waals surface area contributed by atoms with Crippen LogP contribution in [0.3, 0.4) is 0 Å². The van der Waals surface area contributed by atoms with Crippen LogP contribution in [0.1, 0.15) is 0 Å². The molecule has 70 valence electrons. The van der Waals surface area contributed by atoms with Gasteiger partial charge in [0, 0.05) is 13.1 Å². The summed E-state index contributed by atoms with van der Waals surface area (Å²) in [5, 5.41) is 1.95. The van der Waals surface area contributed by atoms with E-state index in [0.29, 0.717) is 6.54 Å². The minimum atomic E-state index is -0.451. The Balaban J connectivity index is 2.22. The molecule has 0 aromatic heterocycles. The van der Waals surface area contributed by atoms with Gasteiger partial charge < -0.3 is 10.1 Å². The highest BCUT2D eigenvalue weighted by atomic mass is 16.5. The summed E-state index contributed by atoms with van der Waals surface area (Å²) >= 11 is 0. The van der Waals surface area contributed by atoms with Crippen molar-refractivity contribution < 1.29 is 9.53 Å². The lowest BCUT2D eigenvalue weighted by atomic mass is 10.4. The summed E-state index contributed by atoms with van der Waals surface area (Å²) < 4.78 is 5.16. The highest BCUT2D eigenvalue weighted by Gasteiger charge is 2.07. The Morgan fingerprint density at radius 2 is 2.23 bits per heavy atom. The van der Waals surface area contributed by atoms with Gasteiger partial charge in [-0.25, -0.2) is 0 Å². The number of ether oxygens (including phenoxy) is 1. The van der Waals surface area contributed by atoms with E-state index < -0.39 is 5.91 Å². The molecule has 1 saturated heterocycles. The maximum Gasteiger partial charge on any atom is 0.296 e. The highest BCUT2D eigenvalue weighted by molar-refractivity contribution is 5.93. The van der Waals surface area contributed by atoms with Crippen LogP contribution >= 0.6 is 0 Å². The number of hydrogen-bond donors (Lipinski definition) is 1. The lowest BCUT2D eigenvalue weighted by Gasteiger charge is -2.24. The second kappa shape index (κ2) is 5.57. The zero-order valence-electron chi connectivity index (χ0n) is 7.38. The molecule has 0 aliphatic carbocycles. The fourth-order valence-electron chi connectivity index (χ4n) is 1.03. The van der Waals surface area contributed by atoms with Gasteiger partial charge in [-0.05, 0) is 5.92 Å². The van der Waals surface area contributed by atoms with Crippen molar-refractivity contribution in [3.8, 4) is 11.8 Å². The van der Waals surface area contributed by atoms with Crippen LogP contribution in [0.15, 0.2) is 0 Å². The zero-order chi connectivity index (χ0) is 9.52. The average molecular weight is 180 g/mol. The van der Waals surface area contributed by atoms with E-state index in [1.807, 2.05) is 5.32 Å². The van der Waals surface area contributed by atoms with Crippen LogP contribution in [-0.4, -0.2) is 43.7 Å². The lowest BCUT2D eigenvalue weighted by Crippen LogP contribution is -2.36. The molecule has 0 spiro atoms. The molecule has 1 amide bonds. The first-order valence-corrected chi connectivity index (χ1v) is 4.12. The van der Waals surface area contributed by atoms with Gasteiger partial charge in [-0.3, -0.25) is 9.69 Å². The standard InChI is InChI=1S/C9H12N2O2/c1-10-9(12)3-2-4-11-5-7-13-8-6-11/h1H,4-8H2,(H,10,12). The first-order chi connectivity index (χ1) is 6.33. The number of hydrogen-bond acceptors (Lipinski definition) is 3. The van der Waals surface area contributed by atoms with E-state index in [1.54, 1.807) is 0 Å². The number of carbonyl (C=O) groups is 1. The third-order valence-electron chi connectivity index (χ3n) is 1.74. The quantitative estimate of drug-likeness (QED) is 0.420. The summed E-state index contributed by atoms with van der Waals surface area (Å²) in [7, 11) is 4.86. The fraction of sp³-hybridized carbons (Fsp3) is 0.556. The van der Waals surface area contributed by atoms with Crippen molar-refractivity contribution in [2.75, 3.05) is 32.8 Å². The minimum absolute atomic E-state index is 0.451. The first-order valence-electron chi connectivity index (χ1n) is 4.12. The Kier molecular flexibility index (Phi) is 4.30. The molecule has 0 saturated carbocycles. The molecule has 1 aliphatic heterocycles. The second-order valence-electron chi connectivity index (χ2n) is 2.66. The molecule has 13 heavy (non-hydrogen) atoms. The topological polar surface area (TPSA) is 41.6 Å². The number of nitrogens with one attached hydrogen (secondary N) is 1. The molecule has 2 radical (unpaired) electrons. The summed E-state index contributed by atoms with van der Waals surface area (Å²) in [6.07, 6.45) is 0. The van der Waals surface area contributed by atoms with Crippen LogP contribution in [-0.2, 0) is 9.53 Å². The molecule has 1 N–H and O–H groups in total. The van der Waals surface area contributed by atoms with Gasteiger partial charge in [0.2, 0.25) is 0 Å². The SMILES string of the molecule is [CH]NC(=O)C#CCN1CCOCC1. The van der Waals surface area contributed by atoms with Crippen molar-refractivity contribution >= 4 is 5.91 Å². The molecular weight excluding hydrogens is 168 g/mol. The van der Waals surface area contributed by atoms with Crippen molar-refractivity contribution in [1.29, 1.82) is 0 Å². The molecule has 0 aromatic rings. The molecule has 4 heteroatoms. The minimum Gasteiger partial charge on any atom is -0.379 e. The predicted molar refractivity (Wildman–Crippen MR) is 47.5 cm³/mol. The number of nitrogens with zero attached hydrogens (tertiary/aromatic N) is 1. The third kappa shape index (κ3) is 3.92. The maximum absolute atomic E-state index is 10.6. The normalized spacial score (nSPS) is 17.3. The van der Waals surface area contributed by atoms with E-state index in [2.05, 4.69) is 16.7 Å². The third-order valence-corrected chi connectivity index (χ3v) is 1.74. The number of amides is 1. The van der Waals surface area contributed by atoms with Crippen molar-refractivity contribution in [1.82, 2.24) is 10.2 Å². The van der Waals surface area contributed by atoms with E-state index in [9.17, 15) is 4.79 Å². The predicted octanol–water partition coefficient (Wildman–Crippen LogP) is -0.893. The molecule has 0 atom stereocenters. The van der Waals surface area contributed by atoms with Crippen LogP contribution in [0.25, 0.3) is 0 Å². The fourth-order valence-corrected chi connectivity index (χ4v) is 1.03. The van der Waals surface area contributed by atoms with Gasteiger partial charge in [0.25, 0.3) is 5.91 Å². The summed E-state index contributed by atoms with van der Waals surface area (Å²) in [4.78, 5) is 12.7. The molecule has 1 heterocycles. The van der Waals surface area contributed by atoms with Crippen LogP contribution in [0.2, 0.25) is 0 Å². The number of carbonyl (C=O) groups excluding carboxylic acids is 1. The Hall–Kier alpha value is -1.05. The first kappa shape index (κ1) is 10.0. The zero-order valence-corrected chi connectivity index (χ0v) is 7.38. The molecule has 0 bridgehead atoms. The van der Waals surface area contributed by atoms with Gasteiger partial charge in [0.1, 0.15) is 0 Å². The van der Waals surface area contributed by atoms with Crippen molar-refractivity contribution in [2.45, 2.75) is 0 Å². The lowest BCUT2D eigenvalue weighted by molar-refractivity contribution is -0.114. The Morgan fingerprint density at radius 1 is 1.54 bits per heavy atom. The van der Waals surface area contributed by atoms with E-state index in [1.165, 1.54) is 0 Å². The van der Waals surface area contributed by atoms with Crippen molar-refractivity contribution in [3.63, 3.8) is 0 Å². The maximum atomic E-state index is 10.6. The van der Waals surface area contributed by atoms with Gasteiger partial charge in [-0.1, -0.05) is 5.92 Å². The molecule has 0 aromatic carbocycles.